The summed E-state index contributed by atoms with van der Waals surface area (Å²) >= 11 is 0. The number of hydrogen-bond donors (Lipinski definition) is 4. The van der Waals surface area contributed by atoms with E-state index in [4.69, 9.17) is 16.3 Å². The van der Waals surface area contributed by atoms with Gasteiger partial charge in [0.25, 0.3) is 0 Å². The lowest BCUT2D eigenvalue weighted by Crippen LogP contribution is -2.30. The molecule has 3 aromatic rings. The molecule has 0 radical (unpaired) electrons. The van der Waals surface area contributed by atoms with Crippen molar-refractivity contribution in [3.63, 3.8) is 0 Å². The summed E-state index contributed by atoms with van der Waals surface area (Å²) in [5.41, 5.74) is 10.9. The summed E-state index contributed by atoms with van der Waals surface area (Å²) < 4.78 is 23.2. The van der Waals surface area contributed by atoms with Gasteiger partial charge in [-0.05, 0) is 37.9 Å². The van der Waals surface area contributed by atoms with Gasteiger partial charge < -0.3 is 31.0 Å². The molecule has 0 aliphatic carbocycles. The number of aryl methyl sites for hydroxylation is 1. The molecule has 1 aromatic heterocycles. The number of rotatable bonds is 10. The fourth-order valence-corrected chi connectivity index (χ4v) is 3.73. The third-order valence-electron chi connectivity index (χ3n) is 5.88. The van der Waals surface area contributed by atoms with Gasteiger partial charge in [0.1, 0.15) is 23.0 Å². The molecule has 0 unspecified atom stereocenters. The van der Waals surface area contributed by atoms with Crippen molar-refractivity contribution in [2.75, 3.05) is 51.6 Å². The molecule has 1 heterocycles. The van der Waals surface area contributed by atoms with Crippen molar-refractivity contribution in [3.05, 3.63) is 60.6 Å². The first-order chi connectivity index (χ1) is 18.1. The maximum Gasteiger partial charge on any atom is 0.247 e. The van der Waals surface area contributed by atoms with Crippen LogP contribution in [0.4, 0.5) is 21.5 Å². The molecule has 0 fully saturated rings. The van der Waals surface area contributed by atoms with Gasteiger partial charge in [0.15, 0.2) is 5.82 Å². The maximum absolute atomic E-state index is 16.0. The highest BCUT2D eigenvalue weighted by Gasteiger charge is 2.23. The van der Waals surface area contributed by atoms with Crippen molar-refractivity contribution in [3.8, 4) is 5.75 Å². The van der Waals surface area contributed by atoms with Crippen molar-refractivity contribution < 1.29 is 13.9 Å². The van der Waals surface area contributed by atoms with Gasteiger partial charge >= 0.3 is 0 Å². The Bertz CT molecular complexity index is 1400. The maximum atomic E-state index is 16.0. The van der Waals surface area contributed by atoms with Crippen LogP contribution in [0.1, 0.15) is 5.56 Å². The molecule has 0 spiro atoms. The van der Waals surface area contributed by atoms with Gasteiger partial charge in [-0.25, -0.2) is 15.2 Å². The number of nitrogens with one attached hydrogen (secondary N) is 2. The van der Waals surface area contributed by atoms with E-state index < -0.39 is 11.7 Å². The van der Waals surface area contributed by atoms with Crippen LogP contribution in [0.15, 0.2) is 54.2 Å². The van der Waals surface area contributed by atoms with Gasteiger partial charge in [0, 0.05) is 50.4 Å². The minimum Gasteiger partial charge on any atom is -0.494 e. The van der Waals surface area contributed by atoms with Gasteiger partial charge in [0.2, 0.25) is 5.91 Å². The minimum absolute atomic E-state index is 0.0638. The second-order valence-electron chi connectivity index (χ2n) is 8.84. The lowest BCUT2D eigenvalue weighted by atomic mass is 10.1. The number of methoxy groups -OCH3 is 1. The van der Waals surface area contributed by atoms with Gasteiger partial charge in [-0.3, -0.25) is 9.48 Å². The molecule has 0 bridgehead atoms. The van der Waals surface area contributed by atoms with Gasteiger partial charge in [-0.1, -0.05) is 12.6 Å². The molecule has 11 nitrogen and oxygen atoms in total. The van der Waals surface area contributed by atoms with E-state index in [0.29, 0.717) is 30.0 Å². The molecule has 38 heavy (non-hydrogen) atoms. The predicted molar refractivity (Wildman–Crippen MR) is 151 cm³/mol. The summed E-state index contributed by atoms with van der Waals surface area (Å²) in [4.78, 5) is 20.3. The zero-order chi connectivity index (χ0) is 28.0. The molecule has 6 N–H and O–H groups in total. The van der Waals surface area contributed by atoms with Crippen LogP contribution in [0.3, 0.4) is 0 Å². The number of nitrogens with zero attached hydrogens (tertiary/aromatic N) is 5. The lowest BCUT2D eigenvalue weighted by Gasteiger charge is -2.25. The predicted octanol–water partition coefficient (Wildman–Crippen LogP) is 2.34. The van der Waals surface area contributed by atoms with Crippen LogP contribution >= 0.6 is 0 Å². The summed E-state index contributed by atoms with van der Waals surface area (Å²) in [6, 6.07) is 7.22. The second-order valence-corrected chi connectivity index (χ2v) is 8.84. The van der Waals surface area contributed by atoms with E-state index in [1.807, 2.05) is 49.1 Å². The molecule has 0 saturated heterocycles. The number of aromatic nitrogens is 2. The molecule has 2 aromatic carbocycles. The average Bonchev–Trinajstić information content (AvgIpc) is 3.28. The van der Waals surface area contributed by atoms with Gasteiger partial charge in [-0.2, -0.15) is 5.10 Å². The number of benzene rings is 2. The first kappa shape index (κ1) is 28.2. The zero-order valence-corrected chi connectivity index (χ0v) is 22.2. The Kier molecular flexibility index (Phi) is 9.05. The second kappa shape index (κ2) is 12.2. The van der Waals surface area contributed by atoms with Crippen molar-refractivity contribution in [1.29, 1.82) is 0 Å². The number of anilines is 2. The lowest BCUT2D eigenvalue weighted by molar-refractivity contribution is -0.111. The highest BCUT2D eigenvalue weighted by molar-refractivity contribution is 6.04. The number of likely N-dealkylation sites (N-methyl/N-ethyl adjacent to an activating group) is 2. The molecule has 0 aliphatic rings. The van der Waals surface area contributed by atoms with Gasteiger partial charge in [-0.15, -0.1) is 0 Å². The Labute approximate surface area is 221 Å². The van der Waals surface area contributed by atoms with Crippen LogP contribution in [-0.2, 0) is 11.8 Å². The molecule has 202 valence electrons. The Morgan fingerprint density at radius 1 is 1.29 bits per heavy atom. The fourth-order valence-electron chi connectivity index (χ4n) is 3.73. The first-order valence-electron chi connectivity index (χ1n) is 11.7. The molecule has 1 amide bonds. The van der Waals surface area contributed by atoms with Gasteiger partial charge in [0.05, 0.1) is 24.5 Å². The summed E-state index contributed by atoms with van der Waals surface area (Å²) in [6.07, 6.45) is 4.28. The molecule has 0 atom stereocenters. The smallest absolute Gasteiger partial charge is 0.247 e. The van der Waals surface area contributed by atoms with E-state index in [1.165, 1.54) is 13.2 Å². The number of amidine groups is 1. The number of ether oxygens (including phenoxy) is 1. The van der Waals surface area contributed by atoms with Crippen molar-refractivity contribution in [2.24, 2.45) is 23.6 Å². The quantitative estimate of drug-likeness (QED) is 0.104. The number of halogens is 1. The Morgan fingerprint density at radius 2 is 2.03 bits per heavy atom. The largest absolute Gasteiger partial charge is 0.494 e. The summed E-state index contributed by atoms with van der Waals surface area (Å²) in [7, 11) is 8.91. The number of amides is 1. The molecule has 0 aliphatic heterocycles. The number of hydrogen-bond acceptors (Lipinski definition) is 8. The van der Waals surface area contributed by atoms with Crippen molar-refractivity contribution >= 4 is 45.4 Å². The first-order valence-corrected chi connectivity index (χ1v) is 11.7. The van der Waals surface area contributed by atoms with Crippen molar-refractivity contribution in [2.45, 2.75) is 0 Å². The monoisotopic (exact) mass is 523 g/mol. The summed E-state index contributed by atoms with van der Waals surface area (Å²) in [6.45, 7) is 4.72. The summed E-state index contributed by atoms with van der Waals surface area (Å²) in [5, 5.41) is 7.70. The van der Waals surface area contributed by atoms with Crippen LogP contribution in [0.5, 0.6) is 5.75 Å². The Balaban J connectivity index is 2.09. The van der Waals surface area contributed by atoms with E-state index in [0.717, 1.165) is 17.0 Å². The highest BCUT2D eigenvalue weighted by atomic mass is 19.1. The third-order valence-corrected chi connectivity index (χ3v) is 5.88. The molecule has 0 saturated carbocycles. The number of fused-ring (bicyclic) bond motifs is 1. The van der Waals surface area contributed by atoms with E-state index in [9.17, 15) is 4.79 Å². The Morgan fingerprint density at radius 3 is 2.66 bits per heavy atom. The Hall–Kier alpha value is -4.42. The highest BCUT2D eigenvalue weighted by Crippen LogP contribution is 2.42. The van der Waals surface area contributed by atoms with E-state index in [-0.39, 0.29) is 23.0 Å². The van der Waals surface area contributed by atoms with Crippen molar-refractivity contribution in [1.82, 2.24) is 20.1 Å². The number of hydrazine groups is 1. The van der Waals surface area contributed by atoms with E-state index in [1.54, 1.807) is 24.0 Å². The topological polar surface area (TPSA) is 139 Å². The minimum atomic E-state index is -0.803. The molecular formula is C26H34FN9O2. The summed E-state index contributed by atoms with van der Waals surface area (Å²) in [5.74, 6) is 4.55. The van der Waals surface area contributed by atoms with Crippen LogP contribution in [0.2, 0.25) is 0 Å². The van der Waals surface area contributed by atoms with Crippen LogP contribution in [0.25, 0.3) is 16.6 Å². The fraction of sp³-hybridized carbons (Fsp3) is 0.269. The van der Waals surface area contributed by atoms with Crippen LogP contribution < -0.4 is 32.0 Å². The standard InChI is InChI=1S/C26H34FN9O2/c1-7-23(37)32-25-20(35(4)11-10-34(2)3)14-21(38-6)26(24(25)27)31-22(33-29)13-18(28)16-8-9-19-17(12-16)15-30-36(19)5/h7-9,12-15H,1,10-11,28-29H2,2-6H3,(H,31,33)(H,32,37). The number of carbonyl (C=O) groups excluding carboxylic acids is 1. The zero-order valence-electron chi connectivity index (χ0n) is 22.2. The van der Waals surface area contributed by atoms with Crippen LogP contribution in [-0.4, -0.2) is 67.8 Å². The third kappa shape index (κ3) is 6.28. The molecule has 12 heteroatoms. The van der Waals surface area contributed by atoms with E-state index in [2.05, 4.69) is 27.4 Å². The molecular weight excluding hydrogens is 489 g/mol. The number of aliphatic imine (C=N–C) groups is 1. The SMILES string of the molecule is C=CC(=O)Nc1c(N(C)CCN(C)C)cc(OC)c(N=C(C=C(N)c2ccc3c(cnn3C)c2)NN)c1F. The normalized spacial score (nSPS) is 12.1. The number of nitrogens with two attached hydrogens (primary N) is 2. The van der Waals surface area contributed by atoms with Crippen LogP contribution in [0, 0.1) is 5.82 Å². The average molecular weight is 524 g/mol. The number of carbonyl (C=O) groups is 1. The molecule has 3 rings (SSSR count). The van der Waals surface area contributed by atoms with E-state index >= 15 is 4.39 Å².